The zero-order valence-electron chi connectivity index (χ0n) is 9.74. The van der Waals surface area contributed by atoms with E-state index in [4.69, 9.17) is 11.6 Å². The maximum Gasteiger partial charge on any atom is 0.136 e. The van der Waals surface area contributed by atoms with Crippen molar-refractivity contribution in [3.63, 3.8) is 0 Å². The van der Waals surface area contributed by atoms with Crippen LogP contribution >= 0.6 is 11.6 Å². The van der Waals surface area contributed by atoms with Crippen LogP contribution in [-0.4, -0.2) is 5.78 Å². The van der Waals surface area contributed by atoms with Crippen molar-refractivity contribution in [2.24, 2.45) is 5.92 Å². The summed E-state index contributed by atoms with van der Waals surface area (Å²) in [6.45, 7) is 3.66. The Morgan fingerprint density at radius 1 is 1.50 bits per heavy atom. The summed E-state index contributed by atoms with van der Waals surface area (Å²) in [7, 11) is 0. The van der Waals surface area contributed by atoms with Crippen LogP contribution in [0.15, 0.2) is 36.4 Å². The highest BCUT2D eigenvalue weighted by Crippen LogP contribution is 2.12. The number of carbonyl (C=O) groups excluding carboxylic acids is 1. The van der Waals surface area contributed by atoms with Gasteiger partial charge in [0, 0.05) is 10.9 Å². The molecular formula is C14H17ClO. The van der Waals surface area contributed by atoms with Gasteiger partial charge in [0.1, 0.15) is 5.78 Å². The molecule has 0 saturated carbocycles. The molecule has 0 amide bonds. The Labute approximate surface area is 102 Å². The maximum atomic E-state index is 11.2. The van der Waals surface area contributed by atoms with Gasteiger partial charge in [0.25, 0.3) is 0 Å². The lowest BCUT2D eigenvalue weighted by Crippen LogP contribution is -2.05. The fourth-order valence-electron chi connectivity index (χ4n) is 1.59. The second-order valence-electron chi connectivity index (χ2n) is 3.89. The lowest BCUT2D eigenvalue weighted by molar-refractivity contribution is -0.119. The Bertz CT molecular complexity index is 382. The van der Waals surface area contributed by atoms with E-state index in [9.17, 15) is 4.79 Å². The highest BCUT2D eigenvalue weighted by atomic mass is 35.5. The minimum Gasteiger partial charge on any atom is -0.299 e. The van der Waals surface area contributed by atoms with Gasteiger partial charge in [0.2, 0.25) is 0 Å². The van der Waals surface area contributed by atoms with Gasteiger partial charge in [-0.25, -0.2) is 0 Å². The molecule has 0 saturated heterocycles. The molecule has 0 aliphatic rings. The number of halogens is 1. The van der Waals surface area contributed by atoms with Gasteiger partial charge in [-0.1, -0.05) is 42.8 Å². The second-order valence-corrected chi connectivity index (χ2v) is 4.32. The molecule has 1 nitrogen and oxygen atoms in total. The average Bonchev–Trinajstić information content (AvgIpc) is 2.24. The fourth-order valence-corrected chi connectivity index (χ4v) is 1.80. The smallest absolute Gasteiger partial charge is 0.136 e. The van der Waals surface area contributed by atoms with Crippen molar-refractivity contribution >= 4 is 17.4 Å². The quantitative estimate of drug-likeness (QED) is 0.705. The van der Waals surface area contributed by atoms with E-state index < -0.39 is 0 Å². The molecule has 0 radical (unpaired) electrons. The molecule has 2 heteroatoms. The Balaban J connectivity index is 2.56. The molecule has 1 aromatic carbocycles. The third kappa shape index (κ3) is 4.19. The molecule has 0 bridgehead atoms. The van der Waals surface area contributed by atoms with Crippen LogP contribution in [0.5, 0.6) is 0 Å². The molecule has 0 fully saturated rings. The first-order chi connectivity index (χ1) is 7.63. The van der Waals surface area contributed by atoms with Crippen LogP contribution in [0.1, 0.15) is 25.8 Å². The normalized spacial score (nSPS) is 12.9. The molecule has 0 N–H and O–H groups in total. The zero-order valence-corrected chi connectivity index (χ0v) is 10.5. The van der Waals surface area contributed by atoms with Gasteiger partial charge in [-0.15, -0.1) is 0 Å². The molecule has 0 heterocycles. The molecule has 0 spiro atoms. The van der Waals surface area contributed by atoms with E-state index in [1.165, 1.54) is 5.56 Å². The lowest BCUT2D eigenvalue weighted by atomic mass is 10.0. The number of hydrogen-bond acceptors (Lipinski definition) is 1. The van der Waals surface area contributed by atoms with Gasteiger partial charge in [0.05, 0.1) is 0 Å². The summed E-state index contributed by atoms with van der Waals surface area (Å²) in [5.74, 6) is 0.282. The first-order valence-electron chi connectivity index (χ1n) is 5.55. The first-order valence-corrected chi connectivity index (χ1v) is 5.92. The van der Waals surface area contributed by atoms with Crippen molar-refractivity contribution < 1.29 is 4.79 Å². The standard InChI is InChI=1S/C14H17ClO/c1-3-13(11(2)16)8-4-6-12-7-5-9-14(15)10-12/h4-5,7-10,13H,3,6H2,1-2H3. The van der Waals surface area contributed by atoms with Gasteiger partial charge >= 0.3 is 0 Å². The minimum atomic E-state index is 0.0548. The predicted molar refractivity (Wildman–Crippen MR) is 68.8 cm³/mol. The van der Waals surface area contributed by atoms with E-state index in [1.54, 1.807) is 6.92 Å². The van der Waals surface area contributed by atoms with E-state index in [0.717, 1.165) is 17.9 Å². The summed E-state index contributed by atoms with van der Waals surface area (Å²) in [6.07, 6.45) is 5.72. The number of rotatable bonds is 5. The molecule has 16 heavy (non-hydrogen) atoms. The number of Topliss-reactive ketones (excluding diaryl/α,β-unsaturated/α-hetero) is 1. The third-order valence-electron chi connectivity index (χ3n) is 2.57. The van der Waals surface area contributed by atoms with Gasteiger partial charge in [-0.05, 0) is 37.5 Å². The molecular weight excluding hydrogens is 220 g/mol. The molecule has 0 aliphatic heterocycles. The predicted octanol–water partition coefficient (Wildman–Crippen LogP) is 4.05. The third-order valence-corrected chi connectivity index (χ3v) is 2.81. The van der Waals surface area contributed by atoms with Crippen LogP contribution in [0.3, 0.4) is 0 Å². The van der Waals surface area contributed by atoms with Gasteiger partial charge in [-0.2, -0.15) is 0 Å². The van der Waals surface area contributed by atoms with Crippen LogP contribution in [-0.2, 0) is 11.2 Å². The summed E-state index contributed by atoms with van der Waals surface area (Å²) < 4.78 is 0. The summed E-state index contributed by atoms with van der Waals surface area (Å²) in [5.41, 5.74) is 1.17. The van der Waals surface area contributed by atoms with Crippen LogP contribution in [0.2, 0.25) is 5.02 Å². The number of hydrogen-bond donors (Lipinski definition) is 0. The number of ketones is 1. The van der Waals surface area contributed by atoms with E-state index in [2.05, 4.69) is 0 Å². The fraction of sp³-hybridized carbons (Fsp3) is 0.357. The number of allylic oxidation sites excluding steroid dienone is 2. The summed E-state index contributed by atoms with van der Waals surface area (Å²) >= 11 is 5.89. The van der Waals surface area contributed by atoms with Gasteiger partial charge in [0.15, 0.2) is 0 Å². The summed E-state index contributed by atoms with van der Waals surface area (Å²) in [4.78, 5) is 11.2. The number of carbonyl (C=O) groups is 1. The molecule has 1 unspecified atom stereocenters. The van der Waals surface area contributed by atoms with Crippen LogP contribution < -0.4 is 0 Å². The van der Waals surface area contributed by atoms with Crippen LogP contribution in [0, 0.1) is 5.92 Å². The summed E-state index contributed by atoms with van der Waals surface area (Å²) in [5, 5.41) is 0.754. The average molecular weight is 237 g/mol. The van der Waals surface area contributed by atoms with E-state index >= 15 is 0 Å². The molecule has 1 aromatic rings. The van der Waals surface area contributed by atoms with Crippen molar-refractivity contribution in [1.29, 1.82) is 0 Å². The topological polar surface area (TPSA) is 17.1 Å². The van der Waals surface area contributed by atoms with Gasteiger partial charge in [-0.3, -0.25) is 4.79 Å². The van der Waals surface area contributed by atoms with Crippen molar-refractivity contribution in [3.05, 3.63) is 47.0 Å². The van der Waals surface area contributed by atoms with Crippen molar-refractivity contribution in [3.8, 4) is 0 Å². The molecule has 0 aliphatic carbocycles. The monoisotopic (exact) mass is 236 g/mol. The highest BCUT2D eigenvalue weighted by molar-refractivity contribution is 6.30. The summed E-state index contributed by atoms with van der Waals surface area (Å²) in [6, 6.07) is 7.78. The van der Waals surface area contributed by atoms with Gasteiger partial charge < -0.3 is 0 Å². The highest BCUT2D eigenvalue weighted by Gasteiger charge is 2.06. The Hall–Kier alpha value is -1.08. The van der Waals surface area contributed by atoms with E-state index in [-0.39, 0.29) is 11.7 Å². The Kier molecular flexibility index (Phi) is 5.27. The van der Waals surface area contributed by atoms with E-state index in [0.29, 0.717) is 0 Å². The largest absolute Gasteiger partial charge is 0.299 e. The van der Waals surface area contributed by atoms with Crippen LogP contribution in [0.4, 0.5) is 0 Å². The first kappa shape index (κ1) is 13.0. The van der Waals surface area contributed by atoms with Crippen molar-refractivity contribution in [2.75, 3.05) is 0 Å². The maximum absolute atomic E-state index is 11.2. The molecule has 1 atom stereocenters. The minimum absolute atomic E-state index is 0.0548. The SMILES string of the molecule is CCC(C=CCc1cccc(Cl)c1)C(C)=O. The second kappa shape index (κ2) is 6.49. The van der Waals surface area contributed by atoms with E-state index in [1.807, 2.05) is 43.3 Å². The van der Waals surface area contributed by atoms with Crippen molar-refractivity contribution in [1.82, 2.24) is 0 Å². The lowest BCUT2D eigenvalue weighted by Gasteiger charge is -2.04. The zero-order chi connectivity index (χ0) is 12.0. The van der Waals surface area contributed by atoms with Crippen molar-refractivity contribution in [2.45, 2.75) is 26.7 Å². The molecule has 0 aromatic heterocycles. The molecule has 86 valence electrons. The Morgan fingerprint density at radius 2 is 2.25 bits per heavy atom. The molecule has 1 rings (SSSR count). The Morgan fingerprint density at radius 3 is 2.81 bits per heavy atom. The van der Waals surface area contributed by atoms with Crippen LogP contribution in [0.25, 0.3) is 0 Å². The number of benzene rings is 1.